The molecule has 2 aromatic carbocycles. The summed E-state index contributed by atoms with van der Waals surface area (Å²) < 4.78 is 90.6. The number of alkyl halides is 6. The lowest BCUT2D eigenvalue weighted by molar-refractivity contribution is -0.142. The van der Waals surface area contributed by atoms with Crippen LogP contribution in [-0.4, -0.2) is 24.8 Å². The number of benzene rings is 2. The van der Waals surface area contributed by atoms with Gasteiger partial charge in [-0.2, -0.15) is 26.3 Å². The van der Waals surface area contributed by atoms with Gasteiger partial charge in [-0.05, 0) is 35.9 Å². The van der Waals surface area contributed by atoms with Gasteiger partial charge in [0.2, 0.25) is 0 Å². The molecule has 4 N–H and O–H groups in total. The standard InChI is InChI=1S/C20H16F6N2O3S2.C2H6/c1-30-15-5-9(3-10(17(15)31-2)4-12(8-29)33-18(28)32)13-6-11(19(21,22)23)7-14(16(13)27)20(24,25)26;1-2/h3-8H,27H2,1-2H3,(H2,28,32);1-2H3/b12-4-;. The number of thioether (sulfide) groups is 1. The van der Waals surface area contributed by atoms with Gasteiger partial charge in [0.25, 0.3) is 0 Å². The smallest absolute Gasteiger partial charge is 0.418 e. The lowest BCUT2D eigenvalue weighted by Crippen LogP contribution is -2.14. The zero-order valence-corrected chi connectivity index (χ0v) is 20.6. The van der Waals surface area contributed by atoms with Gasteiger partial charge in [-0.15, -0.1) is 0 Å². The van der Waals surface area contributed by atoms with E-state index < -0.39 is 34.7 Å². The van der Waals surface area contributed by atoms with E-state index in [2.05, 4.69) is 0 Å². The molecule has 0 unspecified atom stereocenters. The number of anilines is 1. The number of hydrogen-bond acceptors (Lipinski definition) is 6. The van der Waals surface area contributed by atoms with E-state index in [-0.39, 0.29) is 37.9 Å². The topological polar surface area (TPSA) is 87.6 Å². The van der Waals surface area contributed by atoms with Crippen LogP contribution in [0.1, 0.15) is 30.5 Å². The zero-order valence-electron chi connectivity index (χ0n) is 18.9. The van der Waals surface area contributed by atoms with E-state index in [1.165, 1.54) is 32.4 Å². The summed E-state index contributed by atoms with van der Waals surface area (Å²) in [6.07, 6.45) is -8.55. The number of nitrogens with two attached hydrogens (primary N) is 2. The first-order valence-corrected chi connectivity index (χ1v) is 10.9. The number of thiocarbonyl (C=S) groups is 1. The monoisotopic (exact) mass is 540 g/mol. The van der Waals surface area contributed by atoms with Crippen LogP contribution in [0.25, 0.3) is 17.2 Å². The van der Waals surface area contributed by atoms with Gasteiger partial charge in [-0.3, -0.25) is 4.79 Å². The fourth-order valence-electron chi connectivity index (χ4n) is 2.90. The number of nitrogen functional groups attached to an aromatic ring is 1. The molecule has 0 aliphatic carbocycles. The van der Waals surface area contributed by atoms with Crippen molar-refractivity contribution in [3.8, 4) is 22.6 Å². The SMILES string of the molecule is CC.COc1cc(-c2cc(C(F)(F)F)cc(C(F)(F)F)c2N)cc(/C=C(/C=O)SC(N)=S)c1OC. The Kier molecular flexibility index (Phi) is 10.5. The third-order valence-electron chi connectivity index (χ3n) is 4.26. The van der Waals surface area contributed by atoms with Gasteiger partial charge >= 0.3 is 12.4 Å². The summed E-state index contributed by atoms with van der Waals surface area (Å²) in [6, 6.07) is 2.83. The lowest BCUT2D eigenvalue weighted by atomic mass is 9.94. The van der Waals surface area contributed by atoms with Crippen LogP contribution >= 0.6 is 24.0 Å². The zero-order chi connectivity index (χ0) is 27.1. The van der Waals surface area contributed by atoms with Crippen molar-refractivity contribution >= 4 is 46.3 Å². The number of aldehydes is 1. The number of methoxy groups -OCH3 is 2. The molecule has 2 aromatic rings. The third kappa shape index (κ3) is 7.52. The number of allylic oxidation sites excluding steroid dienone is 1. The van der Waals surface area contributed by atoms with Crippen LogP contribution in [0, 0.1) is 0 Å². The molecule has 0 atom stereocenters. The van der Waals surface area contributed by atoms with Crippen molar-refractivity contribution in [2.75, 3.05) is 20.0 Å². The molecule has 5 nitrogen and oxygen atoms in total. The fraction of sp³-hybridized carbons (Fsp3) is 0.273. The van der Waals surface area contributed by atoms with Crippen LogP contribution in [0.4, 0.5) is 32.0 Å². The van der Waals surface area contributed by atoms with Crippen LogP contribution in [-0.2, 0) is 17.1 Å². The lowest BCUT2D eigenvalue weighted by Gasteiger charge is -2.19. The Morgan fingerprint density at radius 1 is 1.00 bits per heavy atom. The average Bonchev–Trinajstić information content (AvgIpc) is 2.77. The maximum absolute atomic E-state index is 13.4. The second-order valence-electron chi connectivity index (χ2n) is 6.37. The molecular weight excluding hydrogens is 518 g/mol. The van der Waals surface area contributed by atoms with Gasteiger partial charge in [0.15, 0.2) is 17.8 Å². The second kappa shape index (κ2) is 12.2. The van der Waals surface area contributed by atoms with Crippen LogP contribution < -0.4 is 20.9 Å². The first kappa shape index (κ1) is 30.1. The van der Waals surface area contributed by atoms with Crippen molar-refractivity contribution in [1.29, 1.82) is 0 Å². The highest BCUT2D eigenvalue weighted by Gasteiger charge is 2.39. The predicted octanol–water partition coefficient (Wildman–Crippen LogP) is 6.53. The van der Waals surface area contributed by atoms with Crippen LogP contribution in [0.5, 0.6) is 11.5 Å². The van der Waals surface area contributed by atoms with E-state index in [4.69, 9.17) is 33.2 Å². The molecule has 0 saturated carbocycles. The Balaban J connectivity index is 0.00000298. The fourth-order valence-corrected chi connectivity index (χ4v) is 3.66. The highest BCUT2D eigenvalue weighted by Crippen LogP contribution is 2.45. The largest absolute Gasteiger partial charge is 0.493 e. The number of ether oxygens (including phenoxy) is 2. The van der Waals surface area contributed by atoms with Crippen molar-refractivity contribution in [2.24, 2.45) is 5.73 Å². The van der Waals surface area contributed by atoms with Gasteiger partial charge < -0.3 is 20.9 Å². The van der Waals surface area contributed by atoms with Crippen molar-refractivity contribution in [2.45, 2.75) is 26.2 Å². The maximum atomic E-state index is 13.4. The van der Waals surface area contributed by atoms with Gasteiger partial charge in [0, 0.05) is 11.1 Å². The molecule has 0 aliphatic heterocycles. The van der Waals surface area contributed by atoms with Crippen LogP contribution in [0.15, 0.2) is 29.2 Å². The summed E-state index contributed by atoms with van der Waals surface area (Å²) in [6.45, 7) is 4.00. The molecule has 0 fully saturated rings. The highest BCUT2D eigenvalue weighted by molar-refractivity contribution is 8.26. The Labute approximate surface area is 207 Å². The Morgan fingerprint density at radius 2 is 1.60 bits per heavy atom. The Morgan fingerprint density at radius 3 is 2.03 bits per heavy atom. The molecule has 13 heteroatoms. The quantitative estimate of drug-likeness (QED) is 0.142. The van der Waals surface area contributed by atoms with Crippen molar-refractivity contribution < 1.29 is 40.6 Å². The minimum atomic E-state index is -5.14. The minimum Gasteiger partial charge on any atom is -0.493 e. The number of hydrogen-bond donors (Lipinski definition) is 2. The van der Waals surface area contributed by atoms with E-state index in [1.807, 2.05) is 13.8 Å². The normalized spacial score (nSPS) is 11.9. The summed E-state index contributed by atoms with van der Waals surface area (Å²) in [4.78, 5) is 11.4. The summed E-state index contributed by atoms with van der Waals surface area (Å²) in [5.41, 5.74) is 6.39. The van der Waals surface area contributed by atoms with E-state index in [0.29, 0.717) is 12.4 Å². The third-order valence-corrected chi connectivity index (χ3v) is 5.16. The number of halogens is 6. The van der Waals surface area contributed by atoms with Crippen LogP contribution in [0.2, 0.25) is 0 Å². The number of rotatable bonds is 6. The highest BCUT2D eigenvalue weighted by atomic mass is 32.2. The Hall–Kier alpha value is -2.93. The summed E-state index contributed by atoms with van der Waals surface area (Å²) in [5.74, 6) is 0.0305. The van der Waals surface area contributed by atoms with E-state index in [0.717, 1.165) is 11.8 Å². The second-order valence-corrected chi connectivity index (χ2v) is 8.18. The molecule has 192 valence electrons. The molecule has 0 heterocycles. The van der Waals surface area contributed by atoms with Crippen molar-refractivity contribution in [3.63, 3.8) is 0 Å². The molecular formula is C22H22F6N2O3S2. The molecule has 0 aliphatic rings. The summed E-state index contributed by atoms with van der Waals surface area (Å²) in [7, 11) is 2.48. The van der Waals surface area contributed by atoms with Gasteiger partial charge in [0.05, 0.1) is 35.9 Å². The van der Waals surface area contributed by atoms with E-state index in [9.17, 15) is 31.1 Å². The van der Waals surface area contributed by atoms with Crippen molar-refractivity contribution in [3.05, 3.63) is 45.9 Å². The number of carbonyl (C=O) groups is 1. The molecule has 0 bridgehead atoms. The Bertz CT molecular complexity index is 1120. The minimum absolute atomic E-state index is 0.00741. The molecule has 35 heavy (non-hydrogen) atoms. The van der Waals surface area contributed by atoms with Gasteiger partial charge in [0.1, 0.15) is 4.32 Å². The molecule has 2 rings (SSSR count). The molecule has 0 saturated heterocycles. The summed E-state index contributed by atoms with van der Waals surface area (Å²) >= 11 is 5.46. The van der Waals surface area contributed by atoms with Gasteiger partial charge in [-0.25, -0.2) is 0 Å². The van der Waals surface area contributed by atoms with E-state index >= 15 is 0 Å². The predicted molar refractivity (Wildman–Crippen MR) is 129 cm³/mol. The first-order chi connectivity index (χ1) is 16.2. The molecule has 0 radical (unpaired) electrons. The first-order valence-electron chi connectivity index (χ1n) is 9.71. The van der Waals surface area contributed by atoms with Crippen molar-refractivity contribution in [1.82, 2.24) is 0 Å². The molecule has 0 spiro atoms. The maximum Gasteiger partial charge on any atom is 0.418 e. The summed E-state index contributed by atoms with van der Waals surface area (Å²) in [5, 5.41) is 0. The van der Waals surface area contributed by atoms with Crippen LogP contribution in [0.3, 0.4) is 0 Å². The number of carbonyl (C=O) groups excluding carboxylic acids is 1. The average molecular weight is 541 g/mol. The molecule has 0 amide bonds. The van der Waals surface area contributed by atoms with Gasteiger partial charge in [-0.1, -0.05) is 37.8 Å². The molecule has 0 aromatic heterocycles. The van der Waals surface area contributed by atoms with E-state index in [1.54, 1.807) is 0 Å².